The molecule has 0 radical (unpaired) electrons. The van der Waals surface area contributed by atoms with Gasteiger partial charge in [-0.15, -0.1) is 10.2 Å². The van der Waals surface area contributed by atoms with Crippen molar-refractivity contribution in [3.63, 3.8) is 0 Å². The van der Waals surface area contributed by atoms with Crippen LogP contribution in [0.5, 0.6) is 0 Å². The summed E-state index contributed by atoms with van der Waals surface area (Å²) in [6.45, 7) is 4.60. The lowest BCUT2D eigenvalue weighted by atomic mass is 9.95. The van der Waals surface area contributed by atoms with Crippen molar-refractivity contribution in [1.29, 1.82) is 0 Å². The highest BCUT2D eigenvalue weighted by Crippen LogP contribution is 2.29. The van der Waals surface area contributed by atoms with E-state index in [0.717, 1.165) is 69.1 Å². The fourth-order valence-corrected chi connectivity index (χ4v) is 4.09. The Morgan fingerprint density at radius 3 is 2.85 bits per heavy atom. The molecule has 7 nitrogen and oxygen atoms in total. The van der Waals surface area contributed by atoms with E-state index in [2.05, 4.69) is 26.8 Å². The summed E-state index contributed by atoms with van der Waals surface area (Å²) >= 11 is 0. The van der Waals surface area contributed by atoms with Crippen LogP contribution >= 0.6 is 0 Å². The van der Waals surface area contributed by atoms with E-state index in [-0.39, 0.29) is 5.91 Å². The summed E-state index contributed by atoms with van der Waals surface area (Å²) in [5.41, 5.74) is 0.434. The lowest BCUT2D eigenvalue weighted by Gasteiger charge is -2.31. The zero-order valence-corrected chi connectivity index (χ0v) is 15.5. The number of likely N-dealkylation sites (tertiary alicyclic amines) is 1. The van der Waals surface area contributed by atoms with Crippen LogP contribution in [0.3, 0.4) is 0 Å². The van der Waals surface area contributed by atoms with Crippen molar-refractivity contribution in [1.82, 2.24) is 24.8 Å². The predicted molar refractivity (Wildman–Crippen MR) is 96.0 cm³/mol. The molecule has 0 saturated carbocycles. The molecule has 4 rings (SSSR count). The van der Waals surface area contributed by atoms with Crippen LogP contribution in [0.1, 0.15) is 79.3 Å². The topological polar surface area (TPSA) is 77.1 Å². The standard InChI is InChI=1S/C19H27N5O2/c1-2-6-15-13-16(22-26-15)19(25)23-11-8-14(9-12-23)18-21-20-17-7-4-3-5-10-24(17)18/h13-14H,2-12H2,1H3. The lowest BCUT2D eigenvalue weighted by molar-refractivity contribution is 0.0699. The summed E-state index contributed by atoms with van der Waals surface area (Å²) in [5, 5.41) is 12.9. The van der Waals surface area contributed by atoms with Gasteiger partial charge in [0.05, 0.1) is 0 Å². The highest BCUT2D eigenvalue weighted by Gasteiger charge is 2.29. The highest BCUT2D eigenvalue weighted by atomic mass is 16.5. The van der Waals surface area contributed by atoms with Crippen LogP contribution in [0.2, 0.25) is 0 Å². The third-order valence-corrected chi connectivity index (χ3v) is 5.56. The Labute approximate surface area is 153 Å². The van der Waals surface area contributed by atoms with Gasteiger partial charge in [0.2, 0.25) is 0 Å². The molecule has 2 aliphatic rings. The number of rotatable bonds is 4. The predicted octanol–water partition coefficient (Wildman–Crippen LogP) is 2.96. The molecule has 0 atom stereocenters. The summed E-state index contributed by atoms with van der Waals surface area (Å²) in [6.07, 6.45) is 8.40. The normalized spacial score (nSPS) is 18.6. The Bertz CT molecular complexity index is 758. The molecule has 0 aliphatic carbocycles. The Balaban J connectivity index is 1.39. The zero-order valence-electron chi connectivity index (χ0n) is 15.5. The second-order valence-corrected chi connectivity index (χ2v) is 7.43. The minimum absolute atomic E-state index is 0.0189. The van der Waals surface area contributed by atoms with Crippen molar-refractivity contribution in [2.24, 2.45) is 0 Å². The molecule has 4 heterocycles. The van der Waals surface area contributed by atoms with E-state index in [4.69, 9.17) is 4.52 Å². The fourth-order valence-electron chi connectivity index (χ4n) is 4.09. The van der Waals surface area contributed by atoms with E-state index in [0.29, 0.717) is 11.6 Å². The molecular formula is C19H27N5O2. The molecule has 2 aromatic heterocycles. The minimum atomic E-state index is -0.0189. The van der Waals surface area contributed by atoms with Gasteiger partial charge in [-0.3, -0.25) is 4.79 Å². The maximum atomic E-state index is 12.7. The second kappa shape index (κ2) is 7.60. The number of carbonyl (C=O) groups is 1. The van der Waals surface area contributed by atoms with Crippen LogP contribution < -0.4 is 0 Å². The summed E-state index contributed by atoms with van der Waals surface area (Å²) in [7, 11) is 0. The van der Waals surface area contributed by atoms with Gasteiger partial charge >= 0.3 is 0 Å². The van der Waals surface area contributed by atoms with E-state index >= 15 is 0 Å². The molecule has 0 unspecified atom stereocenters. The molecule has 140 valence electrons. The largest absolute Gasteiger partial charge is 0.361 e. The van der Waals surface area contributed by atoms with Crippen molar-refractivity contribution in [2.45, 2.75) is 70.8 Å². The average molecular weight is 357 g/mol. The summed E-state index contributed by atoms with van der Waals surface area (Å²) < 4.78 is 7.59. The monoisotopic (exact) mass is 357 g/mol. The van der Waals surface area contributed by atoms with E-state index in [9.17, 15) is 4.79 Å². The van der Waals surface area contributed by atoms with E-state index < -0.39 is 0 Å². The fraction of sp³-hybridized carbons (Fsp3) is 0.684. The molecular weight excluding hydrogens is 330 g/mol. The van der Waals surface area contributed by atoms with Gasteiger partial charge in [-0.25, -0.2) is 0 Å². The van der Waals surface area contributed by atoms with Crippen LogP contribution in [-0.4, -0.2) is 43.8 Å². The van der Waals surface area contributed by atoms with Crippen LogP contribution in [0.4, 0.5) is 0 Å². The van der Waals surface area contributed by atoms with Gasteiger partial charge < -0.3 is 14.0 Å². The molecule has 1 saturated heterocycles. The maximum Gasteiger partial charge on any atom is 0.276 e. The summed E-state index contributed by atoms with van der Waals surface area (Å²) in [4.78, 5) is 14.6. The Morgan fingerprint density at radius 1 is 1.19 bits per heavy atom. The van der Waals surface area contributed by atoms with Gasteiger partial charge in [0.15, 0.2) is 5.69 Å². The number of fused-ring (bicyclic) bond motifs is 1. The lowest BCUT2D eigenvalue weighted by Crippen LogP contribution is -2.38. The number of piperidine rings is 1. The third-order valence-electron chi connectivity index (χ3n) is 5.56. The first kappa shape index (κ1) is 17.2. The quantitative estimate of drug-likeness (QED) is 0.841. The Kier molecular flexibility index (Phi) is 5.04. The number of hydrogen-bond donors (Lipinski definition) is 0. The third kappa shape index (κ3) is 3.39. The molecule has 7 heteroatoms. The van der Waals surface area contributed by atoms with Gasteiger partial charge in [-0.1, -0.05) is 18.5 Å². The first-order valence-electron chi connectivity index (χ1n) is 9.93. The SMILES string of the molecule is CCCc1cc(C(=O)N2CCC(c3nnc4n3CCCCC4)CC2)no1. The van der Waals surface area contributed by atoms with E-state index in [1.165, 1.54) is 19.3 Å². The van der Waals surface area contributed by atoms with Crippen molar-refractivity contribution in [3.8, 4) is 0 Å². The molecule has 1 fully saturated rings. The summed E-state index contributed by atoms with van der Waals surface area (Å²) in [6, 6.07) is 1.79. The van der Waals surface area contributed by atoms with Gasteiger partial charge in [0.25, 0.3) is 5.91 Å². The molecule has 0 bridgehead atoms. The van der Waals surface area contributed by atoms with Crippen molar-refractivity contribution < 1.29 is 9.32 Å². The van der Waals surface area contributed by atoms with Crippen molar-refractivity contribution >= 4 is 5.91 Å². The average Bonchev–Trinajstić information content (AvgIpc) is 3.23. The van der Waals surface area contributed by atoms with Crippen molar-refractivity contribution in [2.75, 3.05) is 13.1 Å². The Hall–Kier alpha value is -2.18. The molecule has 2 aliphatic heterocycles. The Morgan fingerprint density at radius 2 is 2.04 bits per heavy atom. The maximum absolute atomic E-state index is 12.7. The van der Waals surface area contributed by atoms with E-state index in [1.807, 2.05) is 4.90 Å². The summed E-state index contributed by atoms with van der Waals surface area (Å²) in [5.74, 6) is 3.43. The van der Waals surface area contributed by atoms with Gasteiger partial charge in [-0.05, 0) is 32.1 Å². The number of amides is 1. The van der Waals surface area contributed by atoms with Gasteiger partial charge in [-0.2, -0.15) is 0 Å². The number of aromatic nitrogens is 4. The minimum Gasteiger partial charge on any atom is -0.361 e. The number of carbonyl (C=O) groups excluding carboxylic acids is 1. The number of aryl methyl sites for hydroxylation is 2. The first-order chi connectivity index (χ1) is 12.8. The zero-order chi connectivity index (χ0) is 17.9. The van der Waals surface area contributed by atoms with Crippen LogP contribution in [-0.2, 0) is 19.4 Å². The smallest absolute Gasteiger partial charge is 0.276 e. The molecule has 0 spiro atoms. The van der Waals surface area contributed by atoms with Crippen LogP contribution in [0.15, 0.2) is 10.6 Å². The van der Waals surface area contributed by atoms with Gasteiger partial charge in [0.1, 0.15) is 17.4 Å². The van der Waals surface area contributed by atoms with E-state index in [1.54, 1.807) is 6.07 Å². The highest BCUT2D eigenvalue weighted by molar-refractivity contribution is 5.92. The second-order valence-electron chi connectivity index (χ2n) is 7.43. The van der Waals surface area contributed by atoms with Crippen LogP contribution in [0.25, 0.3) is 0 Å². The first-order valence-corrected chi connectivity index (χ1v) is 9.93. The number of nitrogens with zero attached hydrogens (tertiary/aromatic N) is 5. The molecule has 2 aromatic rings. The number of hydrogen-bond acceptors (Lipinski definition) is 5. The molecule has 26 heavy (non-hydrogen) atoms. The van der Waals surface area contributed by atoms with Crippen molar-refractivity contribution in [3.05, 3.63) is 29.2 Å². The molecule has 1 amide bonds. The molecule has 0 aromatic carbocycles. The molecule has 0 N–H and O–H groups in total. The van der Waals surface area contributed by atoms with Gasteiger partial charge in [0, 0.05) is 44.5 Å². The van der Waals surface area contributed by atoms with Crippen LogP contribution in [0, 0.1) is 0 Å².